The summed E-state index contributed by atoms with van der Waals surface area (Å²) in [7, 11) is 0. The zero-order valence-electron chi connectivity index (χ0n) is 17.1. The number of anilines is 2. The van der Waals surface area contributed by atoms with Crippen molar-refractivity contribution in [1.82, 2.24) is 25.3 Å². The van der Waals surface area contributed by atoms with Gasteiger partial charge in [0.25, 0.3) is 0 Å². The number of benzene rings is 1. The zero-order chi connectivity index (χ0) is 24.3. The molecule has 34 heavy (non-hydrogen) atoms. The van der Waals surface area contributed by atoms with Gasteiger partial charge in [-0.25, -0.2) is 4.98 Å². The van der Waals surface area contributed by atoms with Gasteiger partial charge in [-0.1, -0.05) is 12.1 Å². The number of hydrogen-bond acceptors (Lipinski definition) is 8. The third-order valence-corrected chi connectivity index (χ3v) is 4.50. The fraction of sp³-hybridized carbons (Fsp3) is 0.300. The van der Waals surface area contributed by atoms with E-state index in [1.54, 1.807) is 0 Å². The van der Waals surface area contributed by atoms with Gasteiger partial charge >= 0.3 is 18.4 Å². The summed E-state index contributed by atoms with van der Waals surface area (Å²) >= 11 is 0. The van der Waals surface area contributed by atoms with Gasteiger partial charge in [-0.3, -0.25) is 0 Å². The van der Waals surface area contributed by atoms with Crippen LogP contribution in [0.4, 0.5) is 38.0 Å². The van der Waals surface area contributed by atoms with Crippen LogP contribution in [-0.4, -0.2) is 39.6 Å². The van der Waals surface area contributed by atoms with Gasteiger partial charge in [0.2, 0.25) is 11.8 Å². The second kappa shape index (κ2) is 9.38. The molecular weight excluding hydrogens is 470 g/mol. The maximum Gasteiger partial charge on any atom is 0.433 e. The van der Waals surface area contributed by atoms with Crippen molar-refractivity contribution >= 4 is 11.6 Å². The van der Waals surface area contributed by atoms with Crippen molar-refractivity contribution in [2.24, 2.45) is 0 Å². The highest BCUT2D eigenvalue weighted by atomic mass is 19.4. The van der Waals surface area contributed by atoms with Gasteiger partial charge in [-0.15, -0.1) is 0 Å². The first kappa shape index (κ1) is 23.6. The summed E-state index contributed by atoms with van der Waals surface area (Å²) in [6, 6.07) is 6.96. The summed E-state index contributed by atoms with van der Waals surface area (Å²) in [5.74, 6) is -0.557. The van der Waals surface area contributed by atoms with Crippen LogP contribution >= 0.6 is 0 Å². The quantitative estimate of drug-likeness (QED) is 0.510. The number of halogens is 6. The Labute approximate surface area is 188 Å². The van der Waals surface area contributed by atoms with Crippen molar-refractivity contribution in [3.8, 4) is 11.9 Å². The van der Waals surface area contributed by atoms with Crippen molar-refractivity contribution in [2.75, 3.05) is 25.0 Å². The van der Waals surface area contributed by atoms with Gasteiger partial charge in [-0.05, 0) is 24.3 Å². The summed E-state index contributed by atoms with van der Waals surface area (Å²) in [5, 5.41) is 5.71. The van der Waals surface area contributed by atoms with E-state index in [-0.39, 0.29) is 17.5 Å². The lowest BCUT2D eigenvalue weighted by molar-refractivity contribution is -0.141. The Morgan fingerprint density at radius 3 is 2.44 bits per heavy atom. The molecule has 1 unspecified atom stereocenters. The summed E-state index contributed by atoms with van der Waals surface area (Å²) in [6.07, 6.45) is -9.90. The Morgan fingerprint density at radius 2 is 1.74 bits per heavy atom. The summed E-state index contributed by atoms with van der Waals surface area (Å²) in [6.45, 7) is 1.26. The number of ether oxygens (including phenoxy) is 2. The number of nitrogens with one attached hydrogen (secondary N) is 2. The topological polar surface area (TPSA) is 94.1 Å². The van der Waals surface area contributed by atoms with Crippen LogP contribution in [0, 0.1) is 0 Å². The van der Waals surface area contributed by atoms with Crippen LogP contribution in [0.3, 0.4) is 0 Å². The molecule has 2 N–H and O–H groups in total. The van der Waals surface area contributed by atoms with Gasteiger partial charge in [0.05, 0.1) is 12.2 Å². The Morgan fingerprint density at radius 1 is 0.941 bits per heavy atom. The minimum atomic E-state index is -4.69. The van der Waals surface area contributed by atoms with Crippen molar-refractivity contribution < 1.29 is 35.8 Å². The predicted molar refractivity (Wildman–Crippen MR) is 105 cm³/mol. The highest BCUT2D eigenvalue weighted by Gasteiger charge is 2.33. The average molecular weight is 486 g/mol. The Balaban J connectivity index is 1.66. The molecule has 0 bridgehead atoms. The number of morpholine rings is 1. The standard InChI is InChI=1S/C20H16F6N6O2/c21-19(22,23)11-3-1-4-12(9-11)28-17-30-16(13-10-27-7-8-33-13)31-18(32-17)34-15-6-2-5-14(29-15)20(24,25)26/h1-6,9,13,27H,7-8,10H2,(H,28,30,31,32). The SMILES string of the molecule is FC(F)(F)c1cccc(Nc2nc(Oc3cccc(C(F)(F)F)n3)nc(C3CNCCO3)n2)c1. The molecule has 0 aliphatic carbocycles. The third-order valence-electron chi connectivity index (χ3n) is 4.50. The van der Waals surface area contributed by atoms with Crippen LogP contribution in [0.15, 0.2) is 42.5 Å². The maximum atomic E-state index is 13.0. The van der Waals surface area contributed by atoms with E-state index in [1.807, 2.05) is 0 Å². The number of rotatable bonds is 5. The average Bonchev–Trinajstić information content (AvgIpc) is 2.79. The molecule has 1 aliphatic heterocycles. The maximum absolute atomic E-state index is 13.0. The molecule has 1 fully saturated rings. The van der Waals surface area contributed by atoms with Crippen LogP contribution in [0.5, 0.6) is 11.9 Å². The highest BCUT2D eigenvalue weighted by Crippen LogP contribution is 2.32. The molecule has 1 saturated heterocycles. The van der Waals surface area contributed by atoms with Gasteiger partial charge in [0.1, 0.15) is 11.8 Å². The lowest BCUT2D eigenvalue weighted by Crippen LogP contribution is -2.34. The van der Waals surface area contributed by atoms with E-state index in [0.717, 1.165) is 24.3 Å². The first-order valence-electron chi connectivity index (χ1n) is 9.82. The molecule has 2 aromatic heterocycles. The van der Waals surface area contributed by atoms with Crippen LogP contribution in [0.1, 0.15) is 23.2 Å². The molecule has 4 rings (SSSR count). The molecule has 180 valence electrons. The van der Waals surface area contributed by atoms with E-state index in [4.69, 9.17) is 9.47 Å². The normalized spacial score (nSPS) is 16.8. The molecule has 14 heteroatoms. The van der Waals surface area contributed by atoms with Crippen molar-refractivity contribution in [3.05, 3.63) is 59.5 Å². The Bertz CT molecular complexity index is 1070. The largest absolute Gasteiger partial charge is 0.433 e. The number of hydrogen-bond donors (Lipinski definition) is 2. The van der Waals surface area contributed by atoms with Crippen molar-refractivity contribution in [3.63, 3.8) is 0 Å². The van der Waals surface area contributed by atoms with E-state index < -0.39 is 41.6 Å². The van der Waals surface area contributed by atoms with E-state index >= 15 is 0 Å². The molecule has 3 heterocycles. The molecule has 0 saturated carbocycles. The molecular formula is C20H16F6N6O2. The summed E-state index contributed by atoms with van der Waals surface area (Å²) < 4.78 is 88.9. The number of aromatic nitrogens is 4. The Hall–Kier alpha value is -3.52. The van der Waals surface area contributed by atoms with E-state index in [0.29, 0.717) is 19.7 Å². The smallest absolute Gasteiger partial charge is 0.405 e. The van der Waals surface area contributed by atoms with E-state index in [1.165, 1.54) is 18.2 Å². The predicted octanol–water partition coefficient (Wildman–Crippen LogP) is 4.50. The lowest BCUT2D eigenvalue weighted by Gasteiger charge is -2.22. The van der Waals surface area contributed by atoms with Crippen molar-refractivity contribution in [2.45, 2.75) is 18.5 Å². The fourth-order valence-electron chi connectivity index (χ4n) is 2.97. The van der Waals surface area contributed by atoms with Crippen LogP contribution < -0.4 is 15.4 Å². The van der Waals surface area contributed by atoms with Gasteiger partial charge in [0, 0.05) is 24.8 Å². The highest BCUT2D eigenvalue weighted by molar-refractivity contribution is 5.55. The molecule has 8 nitrogen and oxygen atoms in total. The Kier molecular flexibility index (Phi) is 6.52. The van der Waals surface area contributed by atoms with Crippen LogP contribution in [0.2, 0.25) is 0 Å². The van der Waals surface area contributed by atoms with Gasteiger partial charge in [-0.2, -0.15) is 41.3 Å². The van der Waals surface area contributed by atoms with Crippen LogP contribution in [0.25, 0.3) is 0 Å². The summed E-state index contributed by atoms with van der Waals surface area (Å²) in [4.78, 5) is 15.6. The first-order valence-corrected chi connectivity index (χ1v) is 9.82. The number of alkyl halides is 6. The van der Waals surface area contributed by atoms with Crippen molar-refractivity contribution in [1.29, 1.82) is 0 Å². The molecule has 1 aromatic carbocycles. The molecule has 1 atom stereocenters. The monoisotopic (exact) mass is 486 g/mol. The second-order valence-corrected chi connectivity index (χ2v) is 7.03. The van der Waals surface area contributed by atoms with Crippen LogP contribution in [-0.2, 0) is 17.1 Å². The molecule has 3 aromatic rings. The molecule has 1 aliphatic rings. The number of nitrogens with zero attached hydrogens (tertiary/aromatic N) is 4. The minimum absolute atomic E-state index is 0.0257. The van der Waals surface area contributed by atoms with Gasteiger partial charge in [0.15, 0.2) is 5.82 Å². The lowest BCUT2D eigenvalue weighted by atomic mass is 10.2. The molecule has 0 amide bonds. The zero-order valence-corrected chi connectivity index (χ0v) is 17.1. The third kappa shape index (κ3) is 5.88. The second-order valence-electron chi connectivity index (χ2n) is 7.03. The number of pyridine rings is 1. The fourth-order valence-corrected chi connectivity index (χ4v) is 2.97. The van der Waals surface area contributed by atoms with E-state index in [9.17, 15) is 26.3 Å². The van der Waals surface area contributed by atoms with Gasteiger partial charge < -0.3 is 20.1 Å². The minimum Gasteiger partial charge on any atom is -0.405 e. The summed E-state index contributed by atoms with van der Waals surface area (Å²) in [5.41, 5.74) is -2.05. The molecule has 0 spiro atoms. The first-order chi connectivity index (χ1) is 16.1. The van der Waals surface area contributed by atoms with E-state index in [2.05, 4.69) is 30.6 Å². The molecule has 0 radical (unpaired) electrons.